The fourth-order valence-corrected chi connectivity index (χ4v) is 2.84. The highest BCUT2D eigenvalue weighted by atomic mass is 79.9. The first-order valence-electron chi connectivity index (χ1n) is 6.07. The van der Waals surface area contributed by atoms with Crippen molar-refractivity contribution in [3.63, 3.8) is 0 Å². The lowest BCUT2D eigenvalue weighted by Crippen LogP contribution is -2.20. The van der Waals surface area contributed by atoms with E-state index in [0.29, 0.717) is 5.88 Å². The summed E-state index contributed by atoms with van der Waals surface area (Å²) < 4.78 is 2.99. The third-order valence-corrected chi connectivity index (χ3v) is 3.94. The Morgan fingerprint density at radius 2 is 1.95 bits per heavy atom. The summed E-state index contributed by atoms with van der Waals surface area (Å²) in [6.45, 7) is 2.82. The van der Waals surface area contributed by atoms with Crippen LogP contribution in [0, 0.1) is 6.92 Å². The van der Waals surface area contributed by atoms with Crippen molar-refractivity contribution in [1.82, 2.24) is 9.78 Å². The number of nitrogens with zero attached hydrogens (tertiary/aromatic N) is 3. The summed E-state index contributed by atoms with van der Waals surface area (Å²) in [5, 5.41) is 4.44. The molecule has 2 rings (SSSR count). The molecule has 0 aliphatic carbocycles. The zero-order chi connectivity index (χ0) is 14.0. The lowest BCUT2D eigenvalue weighted by atomic mass is 10.2. The van der Waals surface area contributed by atoms with E-state index < -0.39 is 0 Å². The van der Waals surface area contributed by atoms with Crippen LogP contribution in [0.4, 0.5) is 5.82 Å². The van der Waals surface area contributed by atoms with Crippen LogP contribution >= 0.6 is 27.5 Å². The van der Waals surface area contributed by atoms with E-state index in [1.54, 1.807) is 0 Å². The molecular weight excluding hydrogens is 326 g/mol. The van der Waals surface area contributed by atoms with Gasteiger partial charge in [-0.1, -0.05) is 28.1 Å². The predicted molar refractivity (Wildman–Crippen MR) is 83.8 cm³/mol. The number of aryl methyl sites for hydroxylation is 2. The third kappa shape index (κ3) is 3.12. The molecule has 0 unspecified atom stereocenters. The molecule has 5 heteroatoms. The SMILES string of the molecule is Cc1nn(C)c(N(C)Cc2ccc(Br)cc2)c1CCl. The number of hydrogen-bond donors (Lipinski definition) is 0. The van der Waals surface area contributed by atoms with Gasteiger partial charge in [-0.05, 0) is 24.6 Å². The lowest BCUT2D eigenvalue weighted by molar-refractivity contribution is 0.726. The van der Waals surface area contributed by atoms with Gasteiger partial charge in [0.25, 0.3) is 0 Å². The van der Waals surface area contributed by atoms with Gasteiger partial charge in [-0.25, -0.2) is 0 Å². The third-order valence-electron chi connectivity index (χ3n) is 3.14. The normalized spacial score (nSPS) is 10.8. The first-order chi connectivity index (χ1) is 9.02. The number of aromatic nitrogens is 2. The Morgan fingerprint density at radius 3 is 2.53 bits per heavy atom. The highest BCUT2D eigenvalue weighted by Crippen LogP contribution is 2.25. The Bertz CT molecular complexity index is 563. The van der Waals surface area contributed by atoms with E-state index in [9.17, 15) is 0 Å². The van der Waals surface area contributed by atoms with E-state index in [2.05, 4.69) is 57.2 Å². The van der Waals surface area contributed by atoms with Crippen LogP contribution in [0.2, 0.25) is 0 Å². The molecule has 3 nitrogen and oxygen atoms in total. The monoisotopic (exact) mass is 341 g/mol. The summed E-state index contributed by atoms with van der Waals surface area (Å²) in [6.07, 6.45) is 0. The molecule has 102 valence electrons. The first-order valence-corrected chi connectivity index (χ1v) is 7.39. The van der Waals surface area contributed by atoms with Gasteiger partial charge in [-0.15, -0.1) is 11.6 Å². The molecule has 0 aliphatic rings. The van der Waals surface area contributed by atoms with Gasteiger partial charge in [0.15, 0.2) is 0 Å². The second-order valence-electron chi connectivity index (χ2n) is 4.63. The molecule has 0 fully saturated rings. The maximum Gasteiger partial charge on any atom is 0.131 e. The van der Waals surface area contributed by atoms with Crippen LogP contribution in [0.5, 0.6) is 0 Å². The van der Waals surface area contributed by atoms with Crippen LogP contribution < -0.4 is 4.90 Å². The van der Waals surface area contributed by atoms with E-state index in [4.69, 9.17) is 11.6 Å². The summed E-state index contributed by atoms with van der Waals surface area (Å²) in [5.41, 5.74) is 3.35. The van der Waals surface area contributed by atoms with Gasteiger partial charge in [0.05, 0.1) is 11.6 Å². The average molecular weight is 343 g/mol. The number of anilines is 1. The van der Waals surface area contributed by atoms with E-state index in [-0.39, 0.29) is 0 Å². The topological polar surface area (TPSA) is 21.1 Å². The number of halogens is 2. The Hall–Kier alpha value is -1.000. The molecule has 0 N–H and O–H groups in total. The number of benzene rings is 1. The minimum atomic E-state index is 0.486. The minimum Gasteiger partial charge on any atom is -0.355 e. The highest BCUT2D eigenvalue weighted by molar-refractivity contribution is 9.10. The van der Waals surface area contributed by atoms with Gasteiger partial charge < -0.3 is 4.90 Å². The molecule has 0 saturated heterocycles. The smallest absolute Gasteiger partial charge is 0.131 e. The molecule has 0 atom stereocenters. The number of hydrogen-bond acceptors (Lipinski definition) is 2. The lowest BCUT2D eigenvalue weighted by Gasteiger charge is -2.20. The van der Waals surface area contributed by atoms with Crippen molar-refractivity contribution in [1.29, 1.82) is 0 Å². The number of alkyl halides is 1. The van der Waals surface area contributed by atoms with Crippen molar-refractivity contribution in [2.45, 2.75) is 19.3 Å². The molecular formula is C14H17BrClN3. The Balaban J connectivity index is 2.24. The van der Waals surface area contributed by atoms with Crippen molar-refractivity contribution in [3.8, 4) is 0 Å². The minimum absolute atomic E-state index is 0.486. The van der Waals surface area contributed by atoms with Crippen molar-refractivity contribution < 1.29 is 0 Å². The zero-order valence-electron chi connectivity index (χ0n) is 11.3. The Labute approximate surface area is 127 Å². The van der Waals surface area contributed by atoms with Crippen LogP contribution in [0.15, 0.2) is 28.7 Å². The zero-order valence-corrected chi connectivity index (χ0v) is 13.7. The quantitative estimate of drug-likeness (QED) is 0.787. The van der Waals surface area contributed by atoms with Crippen LogP contribution in [0.1, 0.15) is 16.8 Å². The molecule has 0 spiro atoms. The van der Waals surface area contributed by atoms with E-state index in [1.807, 2.05) is 18.7 Å². The maximum atomic E-state index is 6.03. The van der Waals surface area contributed by atoms with E-state index in [1.165, 1.54) is 5.56 Å². The fourth-order valence-electron chi connectivity index (χ4n) is 2.26. The number of rotatable bonds is 4. The van der Waals surface area contributed by atoms with Crippen molar-refractivity contribution in [2.24, 2.45) is 7.05 Å². The molecule has 0 bridgehead atoms. The average Bonchev–Trinajstić information content (AvgIpc) is 2.66. The predicted octanol–water partition coefficient (Wildman–Crippen LogP) is 3.87. The standard InChI is InChI=1S/C14H17BrClN3/c1-10-13(8-16)14(19(3)17-10)18(2)9-11-4-6-12(15)7-5-11/h4-7H,8-9H2,1-3H3. The Morgan fingerprint density at radius 1 is 1.32 bits per heavy atom. The van der Waals surface area contributed by atoms with Gasteiger partial charge in [0.1, 0.15) is 5.82 Å². The molecule has 2 aromatic rings. The second kappa shape index (κ2) is 5.97. The van der Waals surface area contributed by atoms with Gasteiger partial charge in [0.2, 0.25) is 0 Å². The molecule has 0 aliphatic heterocycles. The summed E-state index contributed by atoms with van der Waals surface area (Å²) in [7, 11) is 4.02. The highest BCUT2D eigenvalue weighted by Gasteiger charge is 2.16. The first kappa shape index (κ1) is 14.4. The molecule has 0 saturated carbocycles. The largest absolute Gasteiger partial charge is 0.355 e. The molecule has 0 radical (unpaired) electrons. The molecule has 1 heterocycles. The molecule has 1 aromatic heterocycles. The second-order valence-corrected chi connectivity index (χ2v) is 5.81. The van der Waals surface area contributed by atoms with Crippen LogP contribution in [0.25, 0.3) is 0 Å². The van der Waals surface area contributed by atoms with Crippen molar-refractivity contribution in [2.75, 3.05) is 11.9 Å². The summed E-state index contributed by atoms with van der Waals surface area (Å²) in [5.74, 6) is 1.56. The van der Waals surface area contributed by atoms with Crippen molar-refractivity contribution in [3.05, 3.63) is 45.6 Å². The van der Waals surface area contributed by atoms with Gasteiger partial charge in [-0.2, -0.15) is 5.10 Å². The van der Waals surface area contributed by atoms with Gasteiger partial charge in [0, 0.05) is 30.7 Å². The summed E-state index contributed by atoms with van der Waals surface area (Å²) in [4.78, 5) is 2.18. The summed E-state index contributed by atoms with van der Waals surface area (Å²) in [6, 6.07) is 8.34. The summed E-state index contributed by atoms with van der Waals surface area (Å²) >= 11 is 9.48. The molecule has 19 heavy (non-hydrogen) atoms. The van der Waals surface area contributed by atoms with Gasteiger partial charge in [-0.3, -0.25) is 4.68 Å². The van der Waals surface area contributed by atoms with Crippen LogP contribution in [0.3, 0.4) is 0 Å². The maximum absolute atomic E-state index is 6.03. The van der Waals surface area contributed by atoms with E-state index >= 15 is 0 Å². The Kier molecular flexibility index (Phi) is 4.53. The fraction of sp³-hybridized carbons (Fsp3) is 0.357. The molecule has 0 amide bonds. The van der Waals surface area contributed by atoms with Gasteiger partial charge >= 0.3 is 0 Å². The molecule has 1 aromatic carbocycles. The van der Waals surface area contributed by atoms with Crippen LogP contribution in [-0.4, -0.2) is 16.8 Å². The van der Waals surface area contributed by atoms with Crippen molar-refractivity contribution >= 4 is 33.3 Å². The van der Waals surface area contributed by atoms with E-state index in [0.717, 1.165) is 28.1 Å². The van der Waals surface area contributed by atoms with Crippen LogP contribution in [-0.2, 0) is 19.5 Å².